The molecular formula is C24H30N2O2. The molecule has 1 aliphatic heterocycles. The highest BCUT2D eigenvalue weighted by atomic mass is 16.5. The largest absolute Gasteiger partial charge is 0.496 e. The van der Waals surface area contributed by atoms with Gasteiger partial charge in [0.25, 0.3) is 0 Å². The van der Waals surface area contributed by atoms with Gasteiger partial charge in [-0.2, -0.15) is 0 Å². The number of benzene rings is 2. The number of carbonyl (C=O) groups is 1. The van der Waals surface area contributed by atoms with Crippen LogP contribution in [-0.2, 0) is 12.8 Å². The number of carbonyl (C=O) groups excluding carboxylic acids is 1. The summed E-state index contributed by atoms with van der Waals surface area (Å²) >= 11 is 0. The van der Waals surface area contributed by atoms with E-state index in [1.807, 2.05) is 6.07 Å². The van der Waals surface area contributed by atoms with Gasteiger partial charge in [-0.05, 0) is 86.0 Å². The highest BCUT2D eigenvalue weighted by molar-refractivity contribution is 6.03. The number of fused-ring (bicyclic) bond motifs is 2. The van der Waals surface area contributed by atoms with E-state index >= 15 is 0 Å². The molecule has 2 aliphatic rings. The molecular weight excluding hydrogens is 348 g/mol. The van der Waals surface area contributed by atoms with E-state index in [9.17, 15) is 4.79 Å². The number of nitrogens with one attached hydrogen (secondary N) is 2. The summed E-state index contributed by atoms with van der Waals surface area (Å²) < 4.78 is 5.56. The Morgan fingerprint density at radius 3 is 3.00 bits per heavy atom. The van der Waals surface area contributed by atoms with Crippen LogP contribution >= 0.6 is 0 Å². The summed E-state index contributed by atoms with van der Waals surface area (Å²) in [4.78, 5) is 11.9. The van der Waals surface area contributed by atoms with Crippen molar-refractivity contribution in [3.8, 4) is 5.75 Å². The van der Waals surface area contributed by atoms with Gasteiger partial charge in [0, 0.05) is 24.2 Å². The smallest absolute Gasteiger partial charge is 0.166 e. The molecule has 1 unspecified atom stereocenters. The van der Waals surface area contributed by atoms with E-state index in [0.717, 1.165) is 49.5 Å². The zero-order valence-corrected chi connectivity index (χ0v) is 16.7. The van der Waals surface area contributed by atoms with Gasteiger partial charge < -0.3 is 15.4 Å². The summed E-state index contributed by atoms with van der Waals surface area (Å²) in [5.74, 6) is 1.93. The molecule has 1 atom stereocenters. The summed E-state index contributed by atoms with van der Waals surface area (Å²) in [7, 11) is 1.77. The second-order valence-corrected chi connectivity index (χ2v) is 7.89. The molecule has 4 rings (SSSR count). The summed E-state index contributed by atoms with van der Waals surface area (Å²) in [6.45, 7) is 2.74. The molecule has 0 radical (unpaired) electrons. The standard InChI is InChI=1S/C24H30N2O2/c1-28-24-7-3-5-19-18(4-2-6-20(19)24)11-14-25-13-10-17-8-9-21-22(16-17)26-15-12-23(21)27/h3,5,7-9,16,18,25-26H,2,4,6,10-15H2,1H3. The van der Waals surface area contributed by atoms with Crippen molar-refractivity contribution in [2.75, 3.05) is 32.1 Å². The topological polar surface area (TPSA) is 50.4 Å². The first kappa shape index (κ1) is 19.0. The third-order valence-corrected chi connectivity index (χ3v) is 6.12. The number of anilines is 1. The average Bonchev–Trinajstić information content (AvgIpc) is 2.73. The number of ether oxygens (including phenoxy) is 1. The highest BCUT2D eigenvalue weighted by Gasteiger charge is 2.22. The van der Waals surface area contributed by atoms with E-state index in [2.05, 4.69) is 41.0 Å². The maximum Gasteiger partial charge on any atom is 0.166 e. The Kier molecular flexibility index (Phi) is 5.96. The molecule has 4 heteroatoms. The number of Topliss-reactive ketones (excluding diaryl/α,β-unsaturated/α-hetero) is 1. The number of methoxy groups -OCH3 is 1. The van der Waals surface area contributed by atoms with Gasteiger partial charge in [-0.15, -0.1) is 0 Å². The van der Waals surface area contributed by atoms with Crippen LogP contribution in [0.4, 0.5) is 5.69 Å². The molecule has 2 N–H and O–H groups in total. The molecule has 0 aromatic heterocycles. The van der Waals surface area contributed by atoms with Gasteiger partial charge in [0.1, 0.15) is 5.75 Å². The second kappa shape index (κ2) is 8.78. The Labute approximate surface area is 167 Å². The molecule has 1 aliphatic carbocycles. The minimum Gasteiger partial charge on any atom is -0.496 e. The van der Waals surface area contributed by atoms with Gasteiger partial charge >= 0.3 is 0 Å². The van der Waals surface area contributed by atoms with E-state index < -0.39 is 0 Å². The Morgan fingerprint density at radius 1 is 1.18 bits per heavy atom. The maximum absolute atomic E-state index is 11.9. The van der Waals surface area contributed by atoms with Crippen LogP contribution in [0, 0.1) is 0 Å². The monoisotopic (exact) mass is 378 g/mol. The molecule has 0 saturated heterocycles. The average molecular weight is 379 g/mol. The molecule has 2 aromatic rings. The fourth-order valence-corrected chi connectivity index (χ4v) is 4.62. The van der Waals surface area contributed by atoms with Crippen molar-refractivity contribution in [1.29, 1.82) is 0 Å². The summed E-state index contributed by atoms with van der Waals surface area (Å²) in [5, 5.41) is 6.96. The van der Waals surface area contributed by atoms with E-state index in [1.54, 1.807) is 7.11 Å². The molecule has 148 valence electrons. The normalized spacial score (nSPS) is 18.2. The van der Waals surface area contributed by atoms with Gasteiger partial charge in [0.05, 0.1) is 7.11 Å². The van der Waals surface area contributed by atoms with Crippen LogP contribution in [0.3, 0.4) is 0 Å². The van der Waals surface area contributed by atoms with Crippen molar-refractivity contribution >= 4 is 11.5 Å². The van der Waals surface area contributed by atoms with Crippen LogP contribution in [0.5, 0.6) is 5.75 Å². The van der Waals surface area contributed by atoms with Crippen molar-refractivity contribution in [3.05, 3.63) is 58.7 Å². The highest BCUT2D eigenvalue weighted by Crippen LogP contribution is 2.38. The zero-order chi connectivity index (χ0) is 19.3. The first-order chi connectivity index (χ1) is 13.8. The van der Waals surface area contributed by atoms with Crippen LogP contribution < -0.4 is 15.4 Å². The minimum atomic E-state index is 0.253. The summed E-state index contributed by atoms with van der Waals surface area (Å²) in [6, 6.07) is 12.7. The third-order valence-electron chi connectivity index (χ3n) is 6.12. The van der Waals surface area contributed by atoms with Gasteiger partial charge in [0.2, 0.25) is 0 Å². The SMILES string of the molecule is COc1cccc2c1CCCC2CCNCCc1ccc2c(c1)NCCC2=O. The number of hydrogen-bond donors (Lipinski definition) is 2. The Balaban J connectivity index is 1.27. The molecule has 0 spiro atoms. The first-order valence-electron chi connectivity index (χ1n) is 10.5. The molecule has 0 fully saturated rings. The molecule has 1 heterocycles. The maximum atomic E-state index is 11.9. The summed E-state index contributed by atoms with van der Waals surface area (Å²) in [5.41, 5.74) is 6.02. The van der Waals surface area contributed by atoms with Crippen molar-refractivity contribution in [2.24, 2.45) is 0 Å². The Hall–Kier alpha value is -2.33. The van der Waals surface area contributed by atoms with E-state index in [-0.39, 0.29) is 5.78 Å². The third kappa shape index (κ3) is 4.07. The lowest BCUT2D eigenvalue weighted by Gasteiger charge is -2.27. The van der Waals surface area contributed by atoms with Crippen LogP contribution in [-0.4, -0.2) is 32.5 Å². The van der Waals surface area contributed by atoms with E-state index in [0.29, 0.717) is 12.3 Å². The van der Waals surface area contributed by atoms with Crippen LogP contribution in [0.25, 0.3) is 0 Å². The van der Waals surface area contributed by atoms with Crippen LogP contribution in [0.2, 0.25) is 0 Å². The predicted molar refractivity (Wildman–Crippen MR) is 114 cm³/mol. The number of ketones is 1. The zero-order valence-electron chi connectivity index (χ0n) is 16.7. The summed E-state index contributed by atoms with van der Waals surface area (Å²) in [6.07, 6.45) is 6.41. The number of hydrogen-bond acceptors (Lipinski definition) is 4. The van der Waals surface area contributed by atoms with Crippen molar-refractivity contribution < 1.29 is 9.53 Å². The quantitative estimate of drug-likeness (QED) is 0.704. The van der Waals surface area contributed by atoms with Crippen molar-refractivity contribution in [2.45, 2.75) is 44.4 Å². The Bertz CT molecular complexity index is 846. The van der Waals surface area contributed by atoms with E-state index in [1.165, 1.54) is 36.0 Å². The molecule has 2 aromatic carbocycles. The predicted octanol–water partition coefficient (Wildman–Crippen LogP) is 4.34. The van der Waals surface area contributed by atoms with Gasteiger partial charge in [-0.1, -0.05) is 18.2 Å². The second-order valence-electron chi connectivity index (χ2n) is 7.89. The lowest BCUT2D eigenvalue weighted by Crippen LogP contribution is -2.22. The minimum absolute atomic E-state index is 0.253. The van der Waals surface area contributed by atoms with Crippen molar-refractivity contribution in [1.82, 2.24) is 5.32 Å². The molecule has 28 heavy (non-hydrogen) atoms. The van der Waals surface area contributed by atoms with Gasteiger partial charge in [0.15, 0.2) is 5.78 Å². The fourth-order valence-electron chi connectivity index (χ4n) is 4.62. The van der Waals surface area contributed by atoms with Gasteiger partial charge in [-0.3, -0.25) is 4.79 Å². The fraction of sp³-hybridized carbons (Fsp3) is 0.458. The van der Waals surface area contributed by atoms with Crippen LogP contribution in [0.1, 0.15) is 58.6 Å². The van der Waals surface area contributed by atoms with Crippen molar-refractivity contribution in [3.63, 3.8) is 0 Å². The molecule has 4 nitrogen and oxygen atoms in total. The van der Waals surface area contributed by atoms with Gasteiger partial charge in [-0.25, -0.2) is 0 Å². The first-order valence-corrected chi connectivity index (χ1v) is 10.5. The lowest BCUT2D eigenvalue weighted by molar-refractivity contribution is 0.0983. The Morgan fingerprint density at radius 2 is 2.11 bits per heavy atom. The number of rotatable bonds is 7. The lowest BCUT2D eigenvalue weighted by atomic mass is 9.80. The molecule has 0 amide bonds. The van der Waals surface area contributed by atoms with E-state index in [4.69, 9.17) is 4.74 Å². The van der Waals surface area contributed by atoms with Crippen LogP contribution in [0.15, 0.2) is 36.4 Å². The molecule has 0 saturated carbocycles. The molecule has 0 bridgehead atoms.